The SMILES string of the molecule is Cl.N#CCn1cc(-c2ccc(CN)cc2F)cn1. The zero-order chi connectivity index (χ0) is 12.3. The lowest BCUT2D eigenvalue weighted by molar-refractivity contribution is 0.629. The summed E-state index contributed by atoms with van der Waals surface area (Å²) in [6.45, 7) is 0.466. The summed E-state index contributed by atoms with van der Waals surface area (Å²) in [4.78, 5) is 0. The van der Waals surface area contributed by atoms with Crippen molar-refractivity contribution >= 4 is 12.4 Å². The standard InChI is InChI=1S/C12H11FN4.ClH/c13-12-5-9(6-15)1-2-11(12)10-7-16-17(8-10)4-3-14;/h1-2,5,7-8H,4,6,15H2;1H. The van der Waals surface area contributed by atoms with E-state index in [1.54, 1.807) is 18.3 Å². The lowest BCUT2D eigenvalue weighted by Gasteiger charge is -2.02. The van der Waals surface area contributed by atoms with Crippen LogP contribution in [0.5, 0.6) is 0 Å². The zero-order valence-corrected chi connectivity index (χ0v) is 10.3. The second-order valence-corrected chi connectivity index (χ2v) is 3.60. The molecule has 0 atom stereocenters. The molecule has 6 heteroatoms. The van der Waals surface area contributed by atoms with E-state index in [1.165, 1.54) is 16.9 Å². The van der Waals surface area contributed by atoms with E-state index in [4.69, 9.17) is 11.0 Å². The number of hydrogen-bond acceptors (Lipinski definition) is 3. The Balaban J connectivity index is 0.00000162. The topological polar surface area (TPSA) is 67.6 Å². The predicted octanol–water partition coefficient (Wildman–Crippen LogP) is 2.09. The normalized spacial score (nSPS) is 9.61. The van der Waals surface area contributed by atoms with E-state index in [-0.39, 0.29) is 24.8 Å². The summed E-state index contributed by atoms with van der Waals surface area (Å²) in [7, 11) is 0. The molecule has 0 radical (unpaired) electrons. The summed E-state index contributed by atoms with van der Waals surface area (Å²) in [5, 5.41) is 12.5. The van der Waals surface area contributed by atoms with Crippen molar-refractivity contribution in [3.05, 3.63) is 42.0 Å². The molecule has 94 valence electrons. The van der Waals surface area contributed by atoms with Crippen molar-refractivity contribution in [2.75, 3.05) is 0 Å². The van der Waals surface area contributed by atoms with Crippen molar-refractivity contribution in [2.45, 2.75) is 13.1 Å². The maximum Gasteiger partial charge on any atom is 0.131 e. The van der Waals surface area contributed by atoms with Gasteiger partial charge in [-0.3, -0.25) is 4.68 Å². The average molecular weight is 267 g/mol. The number of rotatable bonds is 3. The summed E-state index contributed by atoms with van der Waals surface area (Å²) in [6.07, 6.45) is 3.18. The van der Waals surface area contributed by atoms with Gasteiger partial charge in [0.15, 0.2) is 0 Å². The Bertz CT molecular complexity index is 574. The van der Waals surface area contributed by atoms with Crippen LogP contribution in [0.4, 0.5) is 4.39 Å². The molecule has 0 unspecified atom stereocenters. The molecule has 4 nitrogen and oxygen atoms in total. The molecule has 2 aromatic rings. The Hall–Kier alpha value is -1.90. The second-order valence-electron chi connectivity index (χ2n) is 3.60. The van der Waals surface area contributed by atoms with Gasteiger partial charge in [-0.1, -0.05) is 12.1 Å². The van der Waals surface area contributed by atoms with Gasteiger partial charge < -0.3 is 5.73 Å². The van der Waals surface area contributed by atoms with Crippen LogP contribution in [-0.2, 0) is 13.1 Å². The van der Waals surface area contributed by atoms with Crippen molar-refractivity contribution < 1.29 is 4.39 Å². The third-order valence-corrected chi connectivity index (χ3v) is 2.45. The minimum atomic E-state index is -0.329. The van der Waals surface area contributed by atoms with Crippen LogP contribution in [0.2, 0.25) is 0 Å². The summed E-state index contributed by atoms with van der Waals surface area (Å²) >= 11 is 0. The number of nitrogens with zero attached hydrogens (tertiary/aromatic N) is 3. The van der Waals surface area contributed by atoms with Crippen molar-refractivity contribution in [3.8, 4) is 17.2 Å². The fraction of sp³-hybridized carbons (Fsp3) is 0.167. The number of benzene rings is 1. The van der Waals surface area contributed by atoms with E-state index in [1.807, 2.05) is 6.07 Å². The van der Waals surface area contributed by atoms with Gasteiger partial charge in [0.1, 0.15) is 12.4 Å². The van der Waals surface area contributed by atoms with Gasteiger partial charge in [-0.2, -0.15) is 10.4 Å². The van der Waals surface area contributed by atoms with E-state index in [9.17, 15) is 4.39 Å². The molecule has 0 saturated carbocycles. The molecular formula is C12H12ClFN4. The molecule has 0 saturated heterocycles. The molecule has 2 rings (SSSR count). The van der Waals surface area contributed by atoms with E-state index >= 15 is 0 Å². The first-order valence-corrected chi connectivity index (χ1v) is 5.13. The van der Waals surface area contributed by atoms with Gasteiger partial charge in [0.05, 0.1) is 12.3 Å². The number of halogens is 2. The summed E-state index contributed by atoms with van der Waals surface area (Å²) in [5.41, 5.74) is 7.30. The Morgan fingerprint density at radius 2 is 2.22 bits per heavy atom. The van der Waals surface area contributed by atoms with Crippen LogP contribution < -0.4 is 5.73 Å². The molecule has 0 aliphatic carbocycles. The van der Waals surface area contributed by atoms with Crippen LogP contribution in [-0.4, -0.2) is 9.78 Å². The first kappa shape index (κ1) is 14.2. The van der Waals surface area contributed by atoms with Gasteiger partial charge in [0, 0.05) is 23.9 Å². The van der Waals surface area contributed by atoms with Crippen LogP contribution in [0.3, 0.4) is 0 Å². The van der Waals surface area contributed by atoms with Crippen LogP contribution >= 0.6 is 12.4 Å². The number of nitriles is 1. The molecule has 0 aliphatic rings. The molecule has 1 aromatic heterocycles. The molecule has 0 aliphatic heterocycles. The van der Waals surface area contributed by atoms with Crippen LogP contribution in [0.1, 0.15) is 5.56 Å². The Morgan fingerprint density at radius 1 is 1.44 bits per heavy atom. The van der Waals surface area contributed by atoms with E-state index in [0.717, 1.165) is 5.56 Å². The van der Waals surface area contributed by atoms with Gasteiger partial charge in [-0.15, -0.1) is 12.4 Å². The largest absolute Gasteiger partial charge is 0.326 e. The fourth-order valence-corrected chi connectivity index (χ4v) is 1.58. The highest BCUT2D eigenvalue weighted by molar-refractivity contribution is 5.85. The van der Waals surface area contributed by atoms with Gasteiger partial charge in [0.25, 0.3) is 0 Å². The Kier molecular flexibility index (Phi) is 4.84. The fourth-order valence-electron chi connectivity index (χ4n) is 1.58. The van der Waals surface area contributed by atoms with Crippen molar-refractivity contribution in [2.24, 2.45) is 5.73 Å². The number of aromatic nitrogens is 2. The third-order valence-electron chi connectivity index (χ3n) is 2.45. The summed E-state index contributed by atoms with van der Waals surface area (Å²) in [5.74, 6) is -0.329. The third kappa shape index (κ3) is 2.86. The quantitative estimate of drug-likeness (QED) is 0.925. The minimum absolute atomic E-state index is 0. The highest BCUT2D eigenvalue weighted by Gasteiger charge is 2.08. The van der Waals surface area contributed by atoms with Gasteiger partial charge in [-0.05, 0) is 11.6 Å². The summed E-state index contributed by atoms with van der Waals surface area (Å²) < 4.78 is 15.2. The maximum atomic E-state index is 13.8. The van der Waals surface area contributed by atoms with Crippen molar-refractivity contribution in [1.29, 1.82) is 5.26 Å². The molecule has 0 bridgehead atoms. The second kappa shape index (κ2) is 6.15. The number of hydrogen-bond donors (Lipinski definition) is 1. The maximum absolute atomic E-state index is 13.8. The lowest BCUT2D eigenvalue weighted by atomic mass is 10.1. The smallest absolute Gasteiger partial charge is 0.131 e. The first-order chi connectivity index (χ1) is 8.24. The zero-order valence-electron chi connectivity index (χ0n) is 9.51. The van der Waals surface area contributed by atoms with Crippen LogP contribution in [0, 0.1) is 17.1 Å². The van der Waals surface area contributed by atoms with Crippen LogP contribution in [0.15, 0.2) is 30.6 Å². The molecule has 0 amide bonds. The van der Waals surface area contributed by atoms with Crippen LogP contribution in [0.25, 0.3) is 11.1 Å². The van der Waals surface area contributed by atoms with Crippen molar-refractivity contribution in [3.63, 3.8) is 0 Å². The van der Waals surface area contributed by atoms with Gasteiger partial charge in [0.2, 0.25) is 0 Å². The Labute approximate surface area is 110 Å². The minimum Gasteiger partial charge on any atom is -0.326 e. The molecule has 18 heavy (non-hydrogen) atoms. The molecule has 1 aromatic carbocycles. The molecule has 0 fully saturated rings. The molecule has 0 spiro atoms. The Morgan fingerprint density at radius 3 is 2.83 bits per heavy atom. The lowest BCUT2D eigenvalue weighted by Crippen LogP contribution is -1.97. The van der Waals surface area contributed by atoms with E-state index in [0.29, 0.717) is 17.7 Å². The van der Waals surface area contributed by atoms with E-state index in [2.05, 4.69) is 5.10 Å². The van der Waals surface area contributed by atoms with Gasteiger partial charge >= 0.3 is 0 Å². The highest BCUT2D eigenvalue weighted by atomic mass is 35.5. The first-order valence-electron chi connectivity index (χ1n) is 5.13. The molecule has 1 heterocycles. The predicted molar refractivity (Wildman–Crippen MR) is 68.4 cm³/mol. The molecule has 2 N–H and O–H groups in total. The monoisotopic (exact) mass is 266 g/mol. The van der Waals surface area contributed by atoms with Gasteiger partial charge in [-0.25, -0.2) is 4.39 Å². The average Bonchev–Trinajstić information content (AvgIpc) is 2.78. The van der Waals surface area contributed by atoms with E-state index < -0.39 is 0 Å². The highest BCUT2D eigenvalue weighted by Crippen LogP contribution is 2.23. The summed E-state index contributed by atoms with van der Waals surface area (Å²) in [6, 6.07) is 6.84. The van der Waals surface area contributed by atoms with Crippen molar-refractivity contribution in [1.82, 2.24) is 9.78 Å². The molecular weight excluding hydrogens is 255 g/mol. The number of nitrogens with two attached hydrogens (primary N) is 1.